The highest BCUT2D eigenvalue weighted by molar-refractivity contribution is 7.93. The lowest BCUT2D eigenvalue weighted by molar-refractivity contribution is -0.139. The first kappa shape index (κ1) is 25.2. The molecule has 1 aliphatic heterocycles. The molecule has 2 rings (SSSR count). The van der Waals surface area contributed by atoms with Gasteiger partial charge in [-0.05, 0) is 40.2 Å². The molecule has 4 unspecified atom stereocenters. The van der Waals surface area contributed by atoms with Crippen LogP contribution in [0.5, 0.6) is 0 Å². The van der Waals surface area contributed by atoms with Crippen LogP contribution in [0.4, 0.5) is 0 Å². The standard InChI is InChI=1S/C22H34N3O5S/c1-7-28-21(27)19(23)24-25-17(15(2)30-31(6)22(3,4)5)13-18(20(25)26)29-14-16-11-9-8-10-12-16/h8-12,15,17-18H,7,13-14H2,1-6H3,(H2,23,24)/q+1. The molecular formula is C22H34N3O5S+. The van der Waals surface area contributed by atoms with Gasteiger partial charge in [0.25, 0.3) is 5.91 Å². The molecule has 1 aromatic rings. The molecule has 0 radical (unpaired) electrons. The number of carbonyl (C=O) groups excluding carboxylic acids is 2. The fourth-order valence-electron chi connectivity index (χ4n) is 2.95. The Labute approximate surface area is 187 Å². The maximum Gasteiger partial charge on any atom is 0.375 e. The van der Waals surface area contributed by atoms with Crippen LogP contribution in [0.15, 0.2) is 35.4 Å². The van der Waals surface area contributed by atoms with Crippen LogP contribution in [0.2, 0.25) is 0 Å². The maximum atomic E-state index is 13.1. The maximum absolute atomic E-state index is 13.1. The minimum absolute atomic E-state index is 0.0435. The molecule has 1 saturated heterocycles. The third-order valence-corrected chi connectivity index (χ3v) is 7.28. The smallest absolute Gasteiger partial charge is 0.375 e. The van der Waals surface area contributed by atoms with Crippen molar-refractivity contribution in [3.63, 3.8) is 0 Å². The number of amides is 1. The zero-order chi connectivity index (χ0) is 23.2. The van der Waals surface area contributed by atoms with Crippen molar-refractivity contribution in [2.24, 2.45) is 10.8 Å². The van der Waals surface area contributed by atoms with Gasteiger partial charge in [-0.3, -0.25) is 4.79 Å². The summed E-state index contributed by atoms with van der Waals surface area (Å²) in [4.78, 5) is 25.0. The van der Waals surface area contributed by atoms with Crippen LogP contribution in [0, 0.1) is 0 Å². The molecule has 1 heterocycles. The Morgan fingerprint density at radius 3 is 2.55 bits per heavy atom. The minimum Gasteiger partial charge on any atom is -0.460 e. The van der Waals surface area contributed by atoms with E-state index in [-0.39, 0.29) is 40.4 Å². The lowest BCUT2D eigenvalue weighted by Gasteiger charge is -2.26. The van der Waals surface area contributed by atoms with Gasteiger partial charge in [-0.25, -0.2) is 9.80 Å². The fraction of sp³-hybridized carbons (Fsp3) is 0.591. The van der Waals surface area contributed by atoms with Gasteiger partial charge in [0.2, 0.25) is 5.84 Å². The highest BCUT2D eigenvalue weighted by atomic mass is 32.2. The van der Waals surface area contributed by atoms with Crippen molar-refractivity contribution in [3.8, 4) is 0 Å². The van der Waals surface area contributed by atoms with Gasteiger partial charge in [-0.1, -0.05) is 30.3 Å². The normalized spacial score (nSPS) is 21.8. The molecule has 1 aliphatic rings. The van der Waals surface area contributed by atoms with E-state index in [9.17, 15) is 9.59 Å². The molecule has 0 aliphatic carbocycles. The zero-order valence-electron chi connectivity index (χ0n) is 19.2. The Hall–Kier alpha value is -2.10. The molecule has 1 fully saturated rings. The second kappa shape index (κ2) is 11.0. The van der Waals surface area contributed by atoms with Gasteiger partial charge >= 0.3 is 5.97 Å². The summed E-state index contributed by atoms with van der Waals surface area (Å²) in [7, 11) is 0. The van der Waals surface area contributed by atoms with Gasteiger partial charge in [0, 0.05) is 6.42 Å². The molecule has 2 N–H and O–H groups in total. The SMILES string of the molecule is CCOC(=O)C(N)=NN1C(=O)C(OCc2ccccc2)CC1C(C)O[S+](C)C(C)(C)C. The molecule has 0 saturated carbocycles. The molecule has 31 heavy (non-hydrogen) atoms. The fourth-order valence-corrected chi connectivity index (χ4v) is 3.83. The molecule has 4 atom stereocenters. The van der Waals surface area contributed by atoms with E-state index in [0.29, 0.717) is 13.0 Å². The van der Waals surface area contributed by atoms with Crippen molar-refractivity contribution >= 4 is 28.9 Å². The summed E-state index contributed by atoms with van der Waals surface area (Å²) >= 11 is -0.359. The second-order valence-electron chi connectivity index (χ2n) is 8.34. The number of hydrazone groups is 1. The molecule has 1 aromatic carbocycles. The van der Waals surface area contributed by atoms with E-state index < -0.39 is 18.1 Å². The van der Waals surface area contributed by atoms with Gasteiger partial charge < -0.3 is 15.2 Å². The van der Waals surface area contributed by atoms with E-state index in [2.05, 4.69) is 25.9 Å². The highest BCUT2D eigenvalue weighted by Gasteiger charge is 2.47. The third-order valence-electron chi connectivity index (χ3n) is 4.97. The zero-order valence-corrected chi connectivity index (χ0v) is 20.0. The van der Waals surface area contributed by atoms with Crippen molar-refractivity contribution in [1.29, 1.82) is 0 Å². The van der Waals surface area contributed by atoms with Crippen LogP contribution in [-0.4, -0.2) is 58.6 Å². The Morgan fingerprint density at radius 1 is 1.32 bits per heavy atom. The molecule has 0 spiro atoms. The summed E-state index contributed by atoms with van der Waals surface area (Å²) in [6.07, 6.45) is 1.37. The molecule has 0 aromatic heterocycles. The predicted molar refractivity (Wildman–Crippen MR) is 122 cm³/mol. The van der Waals surface area contributed by atoms with Gasteiger partial charge in [0.1, 0.15) is 29.6 Å². The molecule has 9 heteroatoms. The van der Waals surface area contributed by atoms with Crippen LogP contribution in [0.1, 0.15) is 46.6 Å². The Morgan fingerprint density at radius 2 is 1.97 bits per heavy atom. The first-order chi connectivity index (χ1) is 14.5. The first-order valence-corrected chi connectivity index (χ1v) is 11.9. The molecule has 8 nitrogen and oxygen atoms in total. The van der Waals surface area contributed by atoms with E-state index in [4.69, 9.17) is 19.4 Å². The number of amidine groups is 1. The molecule has 1 amide bonds. The summed E-state index contributed by atoms with van der Waals surface area (Å²) in [5.41, 5.74) is 6.76. The number of hydrogen-bond acceptors (Lipinski definition) is 6. The van der Waals surface area contributed by atoms with E-state index in [1.807, 2.05) is 43.5 Å². The van der Waals surface area contributed by atoms with Crippen molar-refractivity contribution < 1.29 is 23.2 Å². The summed E-state index contributed by atoms with van der Waals surface area (Å²) in [6, 6.07) is 9.20. The summed E-state index contributed by atoms with van der Waals surface area (Å²) in [5, 5.41) is 5.33. The van der Waals surface area contributed by atoms with Gasteiger partial charge in [0.15, 0.2) is 4.75 Å². The van der Waals surface area contributed by atoms with Crippen molar-refractivity contribution in [2.75, 3.05) is 12.9 Å². The van der Waals surface area contributed by atoms with Gasteiger partial charge in [0.05, 0.1) is 19.3 Å². The number of hydrogen-bond donors (Lipinski definition) is 1. The second-order valence-corrected chi connectivity index (χ2v) is 10.7. The number of ether oxygens (including phenoxy) is 2. The molecular weight excluding hydrogens is 418 g/mol. The van der Waals surface area contributed by atoms with Crippen molar-refractivity contribution in [2.45, 2.75) is 70.6 Å². The monoisotopic (exact) mass is 452 g/mol. The van der Waals surface area contributed by atoms with Gasteiger partial charge in [-0.15, -0.1) is 5.10 Å². The van der Waals surface area contributed by atoms with Crippen molar-refractivity contribution in [1.82, 2.24) is 5.01 Å². The highest BCUT2D eigenvalue weighted by Crippen LogP contribution is 2.29. The first-order valence-electron chi connectivity index (χ1n) is 10.4. The van der Waals surface area contributed by atoms with Crippen LogP contribution in [0.3, 0.4) is 0 Å². The van der Waals surface area contributed by atoms with E-state index >= 15 is 0 Å². The van der Waals surface area contributed by atoms with Crippen molar-refractivity contribution in [3.05, 3.63) is 35.9 Å². The number of nitrogens with zero attached hydrogens (tertiary/aromatic N) is 2. The van der Waals surface area contributed by atoms with Crippen LogP contribution >= 0.6 is 0 Å². The van der Waals surface area contributed by atoms with E-state index in [0.717, 1.165) is 5.56 Å². The van der Waals surface area contributed by atoms with Crippen LogP contribution in [0.25, 0.3) is 0 Å². The Bertz CT molecular complexity index is 781. The Kier molecular flexibility index (Phi) is 8.90. The predicted octanol–water partition coefficient (Wildman–Crippen LogP) is 2.37. The lowest BCUT2D eigenvalue weighted by atomic mass is 10.1. The number of carbonyl (C=O) groups is 2. The topological polar surface area (TPSA) is 103 Å². The number of benzene rings is 1. The lowest BCUT2D eigenvalue weighted by Crippen LogP contribution is -2.43. The van der Waals surface area contributed by atoms with Crippen LogP contribution in [-0.2, 0) is 41.0 Å². The van der Waals surface area contributed by atoms with Crippen LogP contribution < -0.4 is 5.73 Å². The average Bonchev–Trinajstić information content (AvgIpc) is 3.02. The number of nitrogens with two attached hydrogens (primary N) is 1. The quantitative estimate of drug-likeness (QED) is 0.281. The summed E-state index contributed by atoms with van der Waals surface area (Å²) in [6.45, 7) is 10.3. The largest absolute Gasteiger partial charge is 0.460 e. The summed E-state index contributed by atoms with van der Waals surface area (Å²) < 4.78 is 17.0. The third kappa shape index (κ3) is 6.95. The number of rotatable bonds is 8. The molecule has 0 bridgehead atoms. The van der Waals surface area contributed by atoms with E-state index in [1.54, 1.807) is 6.92 Å². The van der Waals surface area contributed by atoms with Gasteiger partial charge in [-0.2, -0.15) is 4.18 Å². The minimum atomic E-state index is -0.763. The summed E-state index contributed by atoms with van der Waals surface area (Å²) in [5.74, 6) is -1.49. The average molecular weight is 453 g/mol. The number of esters is 1. The van der Waals surface area contributed by atoms with E-state index in [1.165, 1.54) is 5.01 Å². The molecule has 172 valence electrons. The Balaban J connectivity index is 2.20.